The highest BCUT2D eigenvalue weighted by molar-refractivity contribution is 7.89. The first kappa shape index (κ1) is 15.1. The van der Waals surface area contributed by atoms with Crippen molar-refractivity contribution >= 4 is 27.7 Å². The van der Waals surface area contributed by atoms with Gasteiger partial charge in [-0.05, 0) is 30.7 Å². The molecule has 2 rings (SSSR count). The van der Waals surface area contributed by atoms with Crippen LogP contribution in [0.2, 0.25) is 5.02 Å². The van der Waals surface area contributed by atoms with Crippen molar-refractivity contribution in [2.75, 3.05) is 26.2 Å². The molecule has 0 unspecified atom stereocenters. The highest BCUT2D eigenvalue weighted by Gasteiger charge is 2.21. The predicted molar refractivity (Wildman–Crippen MR) is 74.2 cm³/mol. The Hall–Kier alpha value is -1.31. The molecule has 1 amide bonds. The van der Waals surface area contributed by atoms with Gasteiger partial charge in [0.15, 0.2) is 0 Å². The van der Waals surface area contributed by atoms with E-state index in [1.54, 1.807) is 4.90 Å². The third-order valence-corrected chi connectivity index (χ3v) is 4.59. The van der Waals surface area contributed by atoms with Gasteiger partial charge < -0.3 is 9.64 Å². The zero-order valence-corrected chi connectivity index (χ0v) is 12.3. The summed E-state index contributed by atoms with van der Waals surface area (Å²) >= 11 is 5.71. The second-order valence-corrected chi connectivity index (χ2v) is 6.51. The molecule has 1 aromatic carbocycles. The van der Waals surface area contributed by atoms with Crippen molar-refractivity contribution in [1.29, 1.82) is 0 Å². The van der Waals surface area contributed by atoms with Crippen LogP contribution in [0.1, 0.15) is 6.42 Å². The van der Waals surface area contributed by atoms with Crippen molar-refractivity contribution in [2.45, 2.75) is 11.3 Å². The lowest BCUT2D eigenvalue weighted by Gasteiger charge is -2.12. The number of carbonyl (C=O) groups is 1. The predicted octanol–water partition coefficient (Wildman–Crippen LogP) is 1.46. The minimum absolute atomic E-state index is 0.169. The van der Waals surface area contributed by atoms with Gasteiger partial charge in [-0.15, -0.1) is 0 Å². The van der Waals surface area contributed by atoms with Crippen LogP contribution in [0.15, 0.2) is 29.2 Å². The van der Waals surface area contributed by atoms with E-state index < -0.39 is 10.0 Å². The van der Waals surface area contributed by atoms with Gasteiger partial charge in [0.05, 0.1) is 11.4 Å². The molecular formula is C12H15ClN2O4S. The maximum absolute atomic E-state index is 11.9. The molecule has 1 fully saturated rings. The van der Waals surface area contributed by atoms with E-state index in [1.807, 2.05) is 0 Å². The molecule has 1 aliphatic rings. The summed E-state index contributed by atoms with van der Waals surface area (Å²) < 4.78 is 31.2. The summed E-state index contributed by atoms with van der Waals surface area (Å²) in [6.45, 7) is 1.69. The van der Waals surface area contributed by atoms with E-state index in [9.17, 15) is 13.2 Å². The Kier molecular flexibility index (Phi) is 4.85. The van der Waals surface area contributed by atoms with Gasteiger partial charge in [0.1, 0.15) is 6.61 Å². The molecule has 8 heteroatoms. The Labute approximate surface area is 122 Å². The number of benzene rings is 1. The summed E-state index contributed by atoms with van der Waals surface area (Å²) in [6, 6.07) is 5.94. The van der Waals surface area contributed by atoms with Crippen LogP contribution in [-0.2, 0) is 14.8 Å². The summed E-state index contributed by atoms with van der Waals surface area (Å²) in [7, 11) is -3.53. The van der Waals surface area contributed by atoms with Crippen molar-refractivity contribution in [1.82, 2.24) is 9.62 Å². The van der Waals surface area contributed by atoms with E-state index in [-0.39, 0.29) is 17.5 Å². The van der Waals surface area contributed by atoms with Crippen molar-refractivity contribution in [3.8, 4) is 0 Å². The number of hydrogen-bond donors (Lipinski definition) is 1. The number of ether oxygens (including phenoxy) is 1. The largest absolute Gasteiger partial charge is 0.448 e. The molecule has 0 saturated carbocycles. The number of sulfonamides is 1. The van der Waals surface area contributed by atoms with Crippen LogP contribution in [-0.4, -0.2) is 45.7 Å². The van der Waals surface area contributed by atoms with Crippen LogP contribution in [0, 0.1) is 0 Å². The third kappa shape index (κ3) is 3.84. The molecule has 20 heavy (non-hydrogen) atoms. The third-order valence-electron chi connectivity index (χ3n) is 2.87. The number of amides is 1. The Balaban J connectivity index is 1.80. The maximum atomic E-state index is 11.9. The summed E-state index contributed by atoms with van der Waals surface area (Å²) in [5, 5.41) is 0.483. The molecule has 1 aliphatic heterocycles. The van der Waals surface area contributed by atoms with Gasteiger partial charge in [-0.2, -0.15) is 0 Å². The van der Waals surface area contributed by atoms with Gasteiger partial charge in [-0.25, -0.2) is 17.9 Å². The van der Waals surface area contributed by atoms with Crippen molar-refractivity contribution < 1.29 is 17.9 Å². The highest BCUT2D eigenvalue weighted by Crippen LogP contribution is 2.13. The first-order chi connectivity index (χ1) is 9.49. The lowest BCUT2D eigenvalue weighted by Crippen LogP contribution is -2.30. The fraction of sp³-hybridized carbons (Fsp3) is 0.417. The van der Waals surface area contributed by atoms with Crippen LogP contribution in [0.3, 0.4) is 0 Å². The Morgan fingerprint density at radius 1 is 1.30 bits per heavy atom. The SMILES string of the molecule is O=C1OCCN1CCCNS(=O)(=O)c1ccc(Cl)cc1. The van der Waals surface area contributed by atoms with Crippen molar-refractivity contribution in [3.05, 3.63) is 29.3 Å². The van der Waals surface area contributed by atoms with Crippen molar-refractivity contribution in [3.63, 3.8) is 0 Å². The summed E-state index contributed by atoms with van der Waals surface area (Å²) in [5.41, 5.74) is 0. The molecule has 0 radical (unpaired) electrons. The molecule has 1 saturated heterocycles. The van der Waals surface area contributed by atoms with E-state index in [0.717, 1.165) is 0 Å². The number of nitrogens with zero attached hydrogens (tertiary/aromatic N) is 1. The normalized spacial score (nSPS) is 15.4. The first-order valence-electron chi connectivity index (χ1n) is 6.16. The highest BCUT2D eigenvalue weighted by atomic mass is 35.5. The minimum Gasteiger partial charge on any atom is -0.448 e. The molecule has 110 valence electrons. The smallest absolute Gasteiger partial charge is 0.409 e. The summed E-state index contributed by atoms with van der Waals surface area (Å²) in [6.07, 6.45) is 0.188. The number of cyclic esters (lactones) is 1. The molecule has 6 nitrogen and oxygen atoms in total. The molecule has 1 aromatic rings. The number of rotatable bonds is 6. The van der Waals surface area contributed by atoms with E-state index in [2.05, 4.69) is 4.72 Å². The zero-order chi connectivity index (χ0) is 14.6. The number of hydrogen-bond acceptors (Lipinski definition) is 4. The van der Waals surface area contributed by atoms with E-state index >= 15 is 0 Å². The monoisotopic (exact) mass is 318 g/mol. The molecule has 1 heterocycles. The van der Waals surface area contributed by atoms with Gasteiger partial charge in [0.2, 0.25) is 10.0 Å². The molecule has 0 aliphatic carbocycles. The number of halogens is 1. The lowest BCUT2D eigenvalue weighted by atomic mass is 10.4. The lowest BCUT2D eigenvalue weighted by molar-refractivity contribution is 0.158. The molecular weight excluding hydrogens is 304 g/mol. The van der Waals surface area contributed by atoms with Crippen LogP contribution in [0.4, 0.5) is 4.79 Å². The molecule has 1 N–H and O–H groups in total. The fourth-order valence-electron chi connectivity index (χ4n) is 1.80. The number of carbonyl (C=O) groups excluding carboxylic acids is 1. The van der Waals surface area contributed by atoms with E-state index in [4.69, 9.17) is 16.3 Å². The standard InChI is InChI=1S/C12H15ClN2O4S/c13-10-2-4-11(5-3-10)20(17,18)14-6-1-7-15-8-9-19-12(15)16/h2-5,14H,1,6-9H2. The quantitative estimate of drug-likeness (QED) is 0.806. The van der Waals surface area contributed by atoms with Crippen LogP contribution >= 0.6 is 11.6 Å². The van der Waals surface area contributed by atoms with Crippen molar-refractivity contribution in [2.24, 2.45) is 0 Å². The van der Waals surface area contributed by atoms with E-state index in [1.165, 1.54) is 24.3 Å². The Bertz CT molecular complexity index is 574. The molecule has 0 atom stereocenters. The number of nitrogens with one attached hydrogen (secondary N) is 1. The summed E-state index contributed by atoms with van der Waals surface area (Å²) in [4.78, 5) is 12.9. The van der Waals surface area contributed by atoms with Gasteiger partial charge in [0, 0.05) is 18.1 Å². The zero-order valence-electron chi connectivity index (χ0n) is 10.7. The first-order valence-corrected chi connectivity index (χ1v) is 8.02. The second kappa shape index (κ2) is 6.43. The van der Waals surface area contributed by atoms with E-state index in [0.29, 0.717) is 31.1 Å². The summed E-state index contributed by atoms with van der Waals surface area (Å²) in [5.74, 6) is 0. The fourth-order valence-corrected chi connectivity index (χ4v) is 3.00. The van der Waals surface area contributed by atoms with Crippen LogP contribution < -0.4 is 4.72 Å². The Morgan fingerprint density at radius 3 is 2.60 bits per heavy atom. The van der Waals surface area contributed by atoms with Gasteiger partial charge >= 0.3 is 6.09 Å². The van der Waals surface area contributed by atoms with Gasteiger partial charge in [-0.1, -0.05) is 11.6 Å². The van der Waals surface area contributed by atoms with Crippen LogP contribution in [0.25, 0.3) is 0 Å². The molecule has 0 aromatic heterocycles. The Morgan fingerprint density at radius 2 is 2.00 bits per heavy atom. The van der Waals surface area contributed by atoms with Gasteiger partial charge in [0.25, 0.3) is 0 Å². The minimum atomic E-state index is -3.53. The van der Waals surface area contributed by atoms with Crippen LogP contribution in [0.5, 0.6) is 0 Å². The average Bonchev–Trinajstić information content (AvgIpc) is 2.81. The second-order valence-electron chi connectivity index (χ2n) is 4.31. The molecule has 0 bridgehead atoms. The van der Waals surface area contributed by atoms with Gasteiger partial charge in [-0.3, -0.25) is 0 Å². The average molecular weight is 319 g/mol. The molecule has 0 spiro atoms. The maximum Gasteiger partial charge on any atom is 0.409 e. The topological polar surface area (TPSA) is 75.7 Å².